The molecule has 1 amide bonds. The summed E-state index contributed by atoms with van der Waals surface area (Å²) in [5.74, 6) is -0.303. The third-order valence-corrected chi connectivity index (χ3v) is 7.87. The van der Waals surface area contributed by atoms with Crippen LogP contribution in [0.4, 0.5) is 5.69 Å². The summed E-state index contributed by atoms with van der Waals surface area (Å²) in [4.78, 5) is 12.6. The number of anilines is 1. The first-order valence-electron chi connectivity index (χ1n) is 9.71. The summed E-state index contributed by atoms with van der Waals surface area (Å²) in [6.45, 7) is 1.26. The summed E-state index contributed by atoms with van der Waals surface area (Å²) in [6.07, 6.45) is 1.58. The predicted molar refractivity (Wildman–Crippen MR) is 122 cm³/mol. The zero-order valence-corrected chi connectivity index (χ0v) is 19.2. The van der Waals surface area contributed by atoms with Gasteiger partial charge in [-0.1, -0.05) is 41.6 Å². The third kappa shape index (κ3) is 5.13. The van der Waals surface area contributed by atoms with Crippen molar-refractivity contribution >= 4 is 45.0 Å². The number of aromatic nitrogens is 3. The molecule has 0 radical (unpaired) electrons. The second kappa shape index (κ2) is 10.0. The van der Waals surface area contributed by atoms with Crippen LogP contribution in [0, 0.1) is 0 Å². The molecule has 9 nitrogen and oxygen atoms in total. The van der Waals surface area contributed by atoms with Gasteiger partial charge in [0, 0.05) is 18.8 Å². The van der Waals surface area contributed by atoms with Gasteiger partial charge in [-0.3, -0.25) is 9.36 Å². The molecule has 0 aliphatic carbocycles. The van der Waals surface area contributed by atoms with E-state index in [1.807, 2.05) is 30.3 Å². The summed E-state index contributed by atoms with van der Waals surface area (Å²) >= 11 is 7.41. The molecule has 2 heterocycles. The first-order chi connectivity index (χ1) is 15.4. The molecule has 168 valence electrons. The number of amides is 1. The Kier molecular flexibility index (Phi) is 7.11. The van der Waals surface area contributed by atoms with Gasteiger partial charge in [-0.25, -0.2) is 8.42 Å². The number of carbonyl (C=O) groups excluding carboxylic acids is 1. The fourth-order valence-electron chi connectivity index (χ4n) is 3.10. The number of halogens is 1. The Morgan fingerprint density at radius 1 is 1.16 bits per heavy atom. The number of carbonyl (C=O) groups is 1. The fraction of sp³-hybridized carbons (Fsp3) is 0.250. The highest BCUT2D eigenvalue weighted by molar-refractivity contribution is 7.99. The molecule has 2 aromatic carbocycles. The smallest absolute Gasteiger partial charge is 0.243 e. The minimum absolute atomic E-state index is 0.0439. The van der Waals surface area contributed by atoms with E-state index in [2.05, 4.69) is 15.5 Å². The van der Waals surface area contributed by atoms with Crippen LogP contribution in [0.1, 0.15) is 0 Å². The van der Waals surface area contributed by atoms with Crippen LogP contribution in [-0.2, 0) is 19.6 Å². The molecule has 0 bridgehead atoms. The van der Waals surface area contributed by atoms with E-state index in [4.69, 9.17) is 16.3 Å². The van der Waals surface area contributed by atoms with Crippen LogP contribution in [0.3, 0.4) is 0 Å². The number of para-hydroxylation sites is 1. The lowest BCUT2D eigenvalue weighted by Gasteiger charge is -2.26. The van der Waals surface area contributed by atoms with E-state index in [0.717, 1.165) is 5.69 Å². The second-order valence-electron chi connectivity index (χ2n) is 6.81. The molecule has 12 heteroatoms. The van der Waals surface area contributed by atoms with Crippen LogP contribution in [0.25, 0.3) is 5.69 Å². The number of rotatable bonds is 7. The van der Waals surface area contributed by atoms with Gasteiger partial charge in [-0.2, -0.15) is 4.31 Å². The van der Waals surface area contributed by atoms with Crippen LogP contribution in [-0.4, -0.2) is 65.5 Å². The number of thioether (sulfide) groups is 1. The maximum atomic E-state index is 12.9. The SMILES string of the molecule is O=C(CSc1nncn1-c1ccccc1)Nc1cc(S(=O)(=O)N2CCOCC2)ccc1Cl. The van der Waals surface area contributed by atoms with Crippen LogP contribution < -0.4 is 5.32 Å². The predicted octanol–water partition coefficient (Wildman–Crippen LogP) is 2.67. The minimum atomic E-state index is -3.70. The Morgan fingerprint density at radius 2 is 1.91 bits per heavy atom. The Hall–Kier alpha value is -2.44. The molecule has 4 rings (SSSR count). The van der Waals surface area contributed by atoms with E-state index in [1.54, 1.807) is 10.9 Å². The molecular formula is C20H20ClN5O4S2. The first-order valence-corrected chi connectivity index (χ1v) is 12.5. The number of morpholine rings is 1. The molecule has 32 heavy (non-hydrogen) atoms. The van der Waals surface area contributed by atoms with Crippen molar-refractivity contribution in [1.29, 1.82) is 0 Å². The maximum absolute atomic E-state index is 12.9. The van der Waals surface area contributed by atoms with Gasteiger partial charge >= 0.3 is 0 Å². The van der Waals surface area contributed by atoms with Gasteiger partial charge < -0.3 is 10.1 Å². The molecule has 1 aliphatic heterocycles. The largest absolute Gasteiger partial charge is 0.379 e. The van der Waals surface area contributed by atoms with Crippen molar-refractivity contribution in [2.45, 2.75) is 10.1 Å². The van der Waals surface area contributed by atoms with Gasteiger partial charge in [0.2, 0.25) is 15.9 Å². The van der Waals surface area contributed by atoms with Crippen molar-refractivity contribution in [3.8, 4) is 5.69 Å². The second-order valence-corrected chi connectivity index (χ2v) is 10.1. The van der Waals surface area contributed by atoms with E-state index in [-0.39, 0.29) is 40.4 Å². The Bertz CT molecular complexity index is 1200. The normalized spacial score (nSPS) is 14.9. The fourth-order valence-corrected chi connectivity index (χ4v) is 5.43. The quantitative estimate of drug-likeness (QED) is 0.504. The number of hydrogen-bond donors (Lipinski definition) is 1. The van der Waals surface area contributed by atoms with Crippen molar-refractivity contribution in [3.05, 3.63) is 59.9 Å². The lowest BCUT2D eigenvalue weighted by molar-refractivity contribution is -0.113. The summed E-state index contributed by atoms with van der Waals surface area (Å²) < 4.78 is 34.1. The number of hydrogen-bond acceptors (Lipinski definition) is 7. The lowest BCUT2D eigenvalue weighted by Crippen LogP contribution is -2.40. The van der Waals surface area contributed by atoms with E-state index >= 15 is 0 Å². The Labute approximate surface area is 194 Å². The number of benzene rings is 2. The van der Waals surface area contributed by atoms with Crippen LogP contribution in [0.15, 0.2) is 64.9 Å². The summed E-state index contributed by atoms with van der Waals surface area (Å²) in [7, 11) is -3.70. The third-order valence-electron chi connectivity index (χ3n) is 4.70. The maximum Gasteiger partial charge on any atom is 0.243 e. The van der Waals surface area contributed by atoms with Crippen molar-refractivity contribution in [2.75, 3.05) is 37.4 Å². The van der Waals surface area contributed by atoms with E-state index < -0.39 is 10.0 Å². The highest BCUT2D eigenvalue weighted by atomic mass is 35.5. The number of ether oxygens (including phenoxy) is 1. The van der Waals surface area contributed by atoms with E-state index in [1.165, 1.54) is 34.3 Å². The summed E-state index contributed by atoms with van der Waals surface area (Å²) in [5.41, 5.74) is 1.11. The lowest BCUT2D eigenvalue weighted by atomic mass is 10.3. The van der Waals surface area contributed by atoms with Crippen molar-refractivity contribution < 1.29 is 17.9 Å². The van der Waals surface area contributed by atoms with Gasteiger partial charge in [0.15, 0.2) is 5.16 Å². The number of nitrogens with zero attached hydrogens (tertiary/aromatic N) is 4. The van der Waals surface area contributed by atoms with E-state index in [0.29, 0.717) is 18.4 Å². The van der Waals surface area contributed by atoms with E-state index in [9.17, 15) is 13.2 Å². The monoisotopic (exact) mass is 493 g/mol. The number of sulfonamides is 1. The van der Waals surface area contributed by atoms with Crippen molar-refractivity contribution in [1.82, 2.24) is 19.1 Å². The van der Waals surface area contributed by atoms with Crippen LogP contribution >= 0.6 is 23.4 Å². The molecule has 1 fully saturated rings. The molecular weight excluding hydrogens is 474 g/mol. The van der Waals surface area contributed by atoms with Crippen molar-refractivity contribution in [2.24, 2.45) is 0 Å². The Balaban J connectivity index is 1.44. The van der Waals surface area contributed by atoms with Crippen LogP contribution in [0.2, 0.25) is 5.02 Å². The van der Waals surface area contributed by atoms with Crippen LogP contribution in [0.5, 0.6) is 0 Å². The molecule has 1 aromatic heterocycles. The van der Waals surface area contributed by atoms with Gasteiger partial charge in [0.25, 0.3) is 0 Å². The highest BCUT2D eigenvalue weighted by Crippen LogP contribution is 2.28. The number of nitrogens with one attached hydrogen (secondary N) is 1. The standard InChI is InChI=1S/C20H20ClN5O4S2/c21-17-7-6-16(32(28,29)25-8-10-30-11-9-25)12-18(17)23-19(27)13-31-20-24-22-14-26(20)15-4-2-1-3-5-15/h1-7,12,14H,8-11,13H2,(H,23,27). The molecule has 0 spiro atoms. The Morgan fingerprint density at radius 3 is 2.66 bits per heavy atom. The van der Waals surface area contributed by atoms with Gasteiger partial charge in [-0.05, 0) is 30.3 Å². The van der Waals surface area contributed by atoms with Crippen molar-refractivity contribution in [3.63, 3.8) is 0 Å². The molecule has 1 N–H and O–H groups in total. The zero-order valence-electron chi connectivity index (χ0n) is 16.8. The van der Waals surface area contributed by atoms with Gasteiger partial charge in [0.1, 0.15) is 6.33 Å². The van der Waals surface area contributed by atoms with Gasteiger partial charge in [-0.15, -0.1) is 10.2 Å². The highest BCUT2D eigenvalue weighted by Gasteiger charge is 2.27. The molecule has 1 aliphatic rings. The average molecular weight is 494 g/mol. The topological polar surface area (TPSA) is 106 Å². The zero-order chi connectivity index (χ0) is 22.6. The molecule has 0 unspecified atom stereocenters. The van der Waals surface area contributed by atoms with Gasteiger partial charge in [0.05, 0.1) is 34.6 Å². The molecule has 3 aromatic rings. The molecule has 0 atom stereocenters. The summed E-state index contributed by atoms with van der Waals surface area (Å²) in [5, 5.41) is 11.5. The molecule has 1 saturated heterocycles. The minimum Gasteiger partial charge on any atom is -0.379 e. The molecule has 0 saturated carbocycles. The average Bonchev–Trinajstić information content (AvgIpc) is 3.29. The first kappa shape index (κ1) is 22.7. The summed E-state index contributed by atoms with van der Waals surface area (Å²) in [6, 6.07) is 13.8.